The number of rotatable bonds is 3. The van der Waals surface area contributed by atoms with Crippen LogP contribution in [0.4, 0.5) is 0 Å². The van der Waals surface area contributed by atoms with Crippen LogP contribution in [0.1, 0.15) is 11.1 Å². The highest BCUT2D eigenvalue weighted by Crippen LogP contribution is 2.34. The molecule has 4 heterocycles. The SMILES string of the molecule is Cc1ccc(S(=O)(=O)n2cc(-c3ccc4nccn4c3)c3cc(C)c(Cl)nc32)cc1. The van der Waals surface area contributed by atoms with E-state index in [1.165, 1.54) is 3.97 Å². The summed E-state index contributed by atoms with van der Waals surface area (Å²) in [5, 5.41) is 0.990. The molecule has 8 heteroatoms. The molecule has 0 atom stereocenters. The smallest absolute Gasteiger partial charge is 0.269 e. The van der Waals surface area contributed by atoms with E-state index < -0.39 is 10.0 Å². The van der Waals surface area contributed by atoms with Crippen molar-refractivity contribution in [2.24, 2.45) is 0 Å². The number of aromatic nitrogens is 4. The first-order valence-corrected chi connectivity index (χ1v) is 11.1. The summed E-state index contributed by atoms with van der Waals surface area (Å²) in [6, 6.07) is 12.4. The molecule has 0 unspecified atom stereocenters. The zero-order valence-corrected chi connectivity index (χ0v) is 17.8. The molecule has 0 spiro atoms. The first-order chi connectivity index (χ1) is 14.3. The summed E-state index contributed by atoms with van der Waals surface area (Å²) in [4.78, 5) is 8.87. The summed E-state index contributed by atoms with van der Waals surface area (Å²) in [6.07, 6.45) is 7.10. The molecule has 0 aliphatic heterocycles. The Kier molecular flexibility index (Phi) is 4.20. The Bertz CT molecular complexity index is 1530. The number of nitrogens with zero attached hydrogens (tertiary/aromatic N) is 4. The number of fused-ring (bicyclic) bond motifs is 2. The molecule has 0 fully saturated rings. The van der Waals surface area contributed by atoms with Gasteiger partial charge in [0.25, 0.3) is 10.0 Å². The fourth-order valence-electron chi connectivity index (χ4n) is 3.51. The largest absolute Gasteiger partial charge is 0.306 e. The van der Waals surface area contributed by atoms with Crippen molar-refractivity contribution in [3.8, 4) is 11.1 Å². The van der Waals surface area contributed by atoms with E-state index in [-0.39, 0.29) is 10.0 Å². The first kappa shape index (κ1) is 18.8. The number of hydrogen-bond acceptors (Lipinski definition) is 4. The fraction of sp³-hybridized carbons (Fsp3) is 0.0909. The van der Waals surface area contributed by atoms with E-state index >= 15 is 0 Å². The Labute approximate surface area is 178 Å². The third kappa shape index (κ3) is 2.89. The minimum Gasteiger partial charge on any atom is -0.306 e. The fourth-order valence-corrected chi connectivity index (χ4v) is 4.97. The van der Waals surface area contributed by atoms with Crippen molar-refractivity contribution in [2.75, 3.05) is 0 Å². The van der Waals surface area contributed by atoms with E-state index in [9.17, 15) is 8.42 Å². The van der Waals surface area contributed by atoms with Crippen molar-refractivity contribution in [3.05, 3.63) is 83.5 Å². The molecule has 0 bridgehead atoms. The third-order valence-electron chi connectivity index (χ3n) is 5.15. The van der Waals surface area contributed by atoms with Crippen LogP contribution in [0.5, 0.6) is 0 Å². The Morgan fingerprint density at radius 1 is 1.00 bits per heavy atom. The topological polar surface area (TPSA) is 69.3 Å². The van der Waals surface area contributed by atoms with Gasteiger partial charge in [-0.1, -0.05) is 29.3 Å². The second-order valence-corrected chi connectivity index (χ2v) is 9.41. The highest BCUT2D eigenvalue weighted by Gasteiger charge is 2.24. The van der Waals surface area contributed by atoms with Crippen molar-refractivity contribution >= 4 is 38.3 Å². The summed E-state index contributed by atoms with van der Waals surface area (Å²) < 4.78 is 30.0. The van der Waals surface area contributed by atoms with Crippen LogP contribution in [0.3, 0.4) is 0 Å². The molecule has 0 aliphatic carbocycles. The maximum Gasteiger partial charge on any atom is 0.269 e. The Balaban J connectivity index is 1.81. The van der Waals surface area contributed by atoms with Gasteiger partial charge >= 0.3 is 0 Å². The number of pyridine rings is 2. The summed E-state index contributed by atoms with van der Waals surface area (Å²) in [6.45, 7) is 3.76. The van der Waals surface area contributed by atoms with E-state index in [0.717, 1.165) is 27.9 Å². The predicted octanol–water partition coefficient (Wildman–Crippen LogP) is 4.86. The average Bonchev–Trinajstić information content (AvgIpc) is 3.33. The van der Waals surface area contributed by atoms with Crippen LogP contribution in [0.15, 0.2) is 72.1 Å². The monoisotopic (exact) mass is 436 g/mol. The van der Waals surface area contributed by atoms with Crippen molar-refractivity contribution in [2.45, 2.75) is 18.7 Å². The second-order valence-electron chi connectivity index (χ2n) is 7.23. The highest BCUT2D eigenvalue weighted by molar-refractivity contribution is 7.90. The number of imidazole rings is 1. The zero-order chi connectivity index (χ0) is 21.0. The average molecular weight is 437 g/mol. The van der Waals surface area contributed by atoms with Gasteiger partial charge in [0, 0.05) is 41.3 Å². The van der Waals surface area contributed by atoms with Crippen LogP contribution in [0.2, 0.25) is 5.15 Å². The third-order valence-corrected chi connectivity index (χ3v) is 7.20. The predicted molar refractivity (Wildman–Crippen MR) is 117 cm³/mol. The van der Waals surface area contributed by atoms with Gasteiger partial charge < -0.3 is 4.40 Å². The zero-order valence-electron chi connectivity index (χ0n) is 16.2. The van der Waals surface area contributed by atoms with Gasteiger partial charge in [-0.15, -0.1) is 0 Å². The summed E-state index contributed by atoms with van der Waals surface area (Å²) in [5.74, 6) is 0. The summed E-state index contributed by atoms with van der Waals surface area (Å²) >= 11 is 6.26. The van der Waals surface area contributed by atoms with E-state index in [1.807, 2.05) is 48.8 Å². The molecule has 150 valence electrons. The number of benzene rings is 1. The van der Waals surface area contributed by atoms with Gasteiger partial charge in [0.05, 0.1) is 4.90 Å². The van der Waals surface area contributed by atoms with Gasteiger partial charge in [0.1, 0.15) is 10.8 Å². The Morgan fingerprint density at radius 3 is 2.53 bits per heavy atom. The van der Waals surface area contributed by atoms with E-state index in [2.05, 4.69) is 9.97 Å². The van der Waals surface area contributed by atoms with Crippen LogP contribution in [-0.4, -0.2) is 26.8 Å². The molecule has 1 aromatic carbocycles. The summed E-state index contributed by atoms with van der Waals surface area (Å²) in [5.41, 5.74) is 4.48. The molecule has 0 saturated heterocycles. The van der Waals surface area contributed by atoms with Gasteiger partial charge in [0.15, 0.2) is 5.65 Å². The highest BCUT2D eigenvalue weighted by atomic mass is 35.5. The van der Waals surface area contributed by atoms with Gasteiger partial charge in [-0.2, -0.15) is 0 Å². The number of halogens is 1. The van der Waals surface area contributed by atoms with Crippen molar-refractivity contribution in [1.29, 1.82) is 0 Å². The Morgan fingerprint density at radius 2 is 1.77 bits per heavy atom. The maximum atomic E-state index is 13.4. The molecule has 0 amide bonds. The lowest BCUT2D eigenvalue weighted by atomic mass is 10.1. The van der Waals surface area contributed by atoms with Gasteiger partial charge in [0.2, 0.25) is 0 Å². The Hall–Kier alpha value is -3.16. The molecule has 5 aromatic rings. The lowest BCUT2D eigenvalue weighted by Gasteiger charge is -2.08. The van der Waals surface area contributed by atoms with Crippen LogP contribution < -0.4 is 0 Å². The van der Waals surface area contributed by atoms with Crippen LogP contribution in [0, 0.1) is 13.8 Å². The molecule has 0 aliphatic rings. The van der Waals surface area contributed by atoms with Crippen LogP contribution in [0.25, 0.3) is 27.8 Å². The number of aryl methyl sites for hydroxylation is 2. The minimum absolute atomic E-state index is 0.195. The molecular weight excluding hydrogens is 420 g/mol. The summed E-state index contributed by atoms with van der Waals surface area (Å²) in [7, 11) is -3.85. The molecule has 6 nitrogen and oxygen atoms in total. The normalized spacial score (nSPS) is 12.1. The molecule has 4 aromatic heterocycles. The van der Waals surface area contributed by atoms with Crippen molar-refractivity contribution < 1.29 is 8.42 Å². The second kappa shape index (κ2) is 6.68. The molecule has 30 heavy (non-hydrogen) atoms. The van der Waals surface area contributed by atoms with Crippen LogP contribution in [-0.2, 0) is 10.0 Å². The molecule has 0 N–H and O–H groups in total. The van der Waals surface area contributed by atoms with Crippen molar-refractivity contribution in [3.63, 3.8) is 0 Å². The lowest BCUT2D eigenvalue weighted by Crippen LogP contribution is -2.12. The van der Waals surface area contributed by atoms with E-state index in [4.69, 9.17) is 11.6 Å². The molecule has 5 rings (SSSR count). The maximum absolute atomic E-state index is 13.4. The lowest BCUT2D eigenvalue weighted by molar-refractivity contribution is 0.589. The minimum atomic E-state index is -3.85. The number of hydrogen-bond donors (Lipinski definition) is 0. The van der Waals surface area contributed by atoms with Gasteiger partial charge in [-0.05, 0) is 49.7 Å². The van der Waals surface area contributed by atoms with Crippen LogP contribution >= 0.6 is 11.6 Å². The first-order valence-electron chi connectivity index (χ1n) is 9.28. The molecular formula is C22H17ClN4O2S. The van der Waals surface area contributed by atoms with Gasteiger partial charge in [-0.25, -0.2) is 22.4 Å². The quantitative estimate of drug-likeness (QED) is 0.379. The van der Waals surface area contributed by atoms with Gasteiger partial charge in [-0.3, -0.25) is 0 Å². The molecule has 0 saturated carbocycles. The van der Waals surface area contributed by atoms with E-state index in [0.29, 0.717) is 11.0 Å². The van der Waals surface area contributed by atoms with E-state index in [1.54, 1.807) is 36.7 Å². The molecule has 0 radical (unpaired) electrons. The standard InChI is InChI=1S/C22H17ClN4O2S/c1-14-3-6-17(7-4-14)30(28,29)27-13-19(18-11-15(2)21(23)25-22(18)27)16-5-8-20-24-9-10-26(20)12-16/h3-13H,1-2H3. The van der Waals surface area contributed by atoms with Crippen molar-refractivity contribution in [1.82, 2.24) is 18.3 Å².